The first-order valence-corrected chi connectivity index (χ1v) is 6.02. The van der Waals surface area contributed by atoms with Gasteiger partial charge in [0.25, 0.3) is 0 Å². The average Bonchev–Trinajstić information content (AvgIpc) is 2.62. The second-order valence-electron chi connectivity index (χ2n) is 5.06. The molecular weight excluding hydrogens is 160 g/mol. The second-order valence-corrected chi connectivity index (χ2v) is 5.06. The van der Waals surface area contributed by atoms with Crippen molar-refractivity contribution in [1.82, 2.24) is 0 Å². The molecule has 2 rings (SSSR count). The van der Waals surface area contributed by atoms with Gasteiger partial charge in [-0.05, 0) is 43.9 Å². The molecular formula is C12H22O. The molecule has 0 atom stereocenters. The zero-order valence-corrected chi connectivity index (χ0v) is 8.54. The smallest absolute Gasteiger partial charge is 0.0540 e. The molecule has 2 saturated carbocycles. The topological polar surface area (TPSA) is 20.2 Å². The summed E-state index contributed by atoms with van der Waals surface area (Å²) in [5.74, 6) is 1.99. The number of hydrogen-bond acceptors (Lipinski definition) is 1. The van der Waals surface area contributed by atoms with E-state index in [1.807, 2.05) is 0 Å². The fourth-order valence-corrected chi connectivity index (χ4v) is 3.10. The lowest BCUT2D eigenvalue weighted by molar-refractivity contribution is 0.102. The largest absolute Gasteiger partial charge is 0.393 e. The Kier molecular flexibility index (Phi) is 3.26. The predicted molar refractivity (Wildman–Crippen MR) is 54.5 cm³/mol. The van der Waals surface area contributed by atoms with Crippen molar-refractivity contribution in [2.75, 3.05) is 0 Å². The Morgan fingerprint density at radius 3 is 1.92 bits per heavy atom. The highest BCUT2D eigenvalue weighted by Crippen LogP contribution is 2.35. The first-order chi connectivity index (χ1) is 6.34. The summed E-state index contributed by atoms with van der Waals surface area (Å²) in [4.78, 5) is 0. The average molecular weight is 182 g/mol. The maximum Gasteiger partial charge on any atom is 0.0540 e. The summed E-state index contributed by atoms with van der Waals surface area (Å²) in [6, 6.07) is 0. The minimum atomic E-state index is 0.0276. The van der Waals surface area contributed by atoms with Crippen LogP contribution in [0.5, 0.6) is 0 Å². The summed E-state index contributed by atoms with van der Waals surface area (Å²) < 4.78 is 0. The van der Waals surface area contributed by atoms with Gasteiger partial charge < -0.3 is 5.11 Å². The predicted octanol–water partition coefficient (Wildman–Crippen LogP) is 3.12. The van der Waals surface area contributed by atoms with Crippen molar-refractivity contribution in [3.63, 3.8) is 0 Å². The van der Waals surface area contributed by atoms with Gasteiger partial charge in [-0.3, -0.25) is 0 Å². The Morgan fingerprint density at radius 2 is 1.31 bits per heavy atom. The van der Waals surface area contributed by atoms with E-state index in [0.717, 1.165) is 24.7 Å². The molecule has 0 aromatic rings. The van der Waals surface area contributed by atoms with Crippen LogP contribution >= 0.6 is 0 Å². The van der Waals surface area contributed by atoms with Crippen molar-refractivity contribution in [3.8, 4) is 0 Å². The van der Waals surface area contributed by atoms with Gasteiger partial charge in [0.2, 0.25) is 0 Å². The maximum atomic E-state index is 9.39. The molecule has 0 heterocycles. The molecule has 0 radical (unpaired) electrons. The Bertz CT molecular complexity index is 141. The summed E-state index contributed by atoms with van der Waals surface area (Å²) in [5, 5.41) is 9.39. The van der Waals surface area contributed by atoms with E-state index in [0.29, 0.717) is 0 Å². The van der Waals surface area contributed by atoms with Gasteiger partial charge in [-0.15, -0.1) is 0 Å². The Labute approximate surface area is 81.5 Å². The molecule has 2 fully saturated rings. The molecule has 2 aliphatic carbocycles. The van der Waals surface area contributed by atoms with Crippen molar-refractivity contribution in [2.24, 2.45) is 11.8 Å². The molecule has 0 aromatic heterocycles. The highest BCUT2D eigenvalue weighted by atomic mass is 16.3. The summed E-state index contributed by atoms with van der Waals surface area (Å²) in [6.07, 6.45) is 12.1. The zero-order chi connectivity index (χ0) is 9.10. The van der Waals surface area contributed by atoms with Crippen LogP contribution in [0.3, 0.4) is 0 Å². The van der Waals surface area contributed by atoms with Crippen molar-refractivity contribution in [2.45, 2.75) is 63.9 Å². The number of aliphatic hydroxyl groups is 1. The van der Waals surface area contributed by atoms with Crippen LogP contribution in [0, 0.1) is 11.8 Å². The van der Waals surface area contributed by atoms with Gasteiger partial charge in [-0.25, -0.2) is 0 Å². The number of aliphatic hydroxyl groups excluding tert-OH is 1. The van der Waals surface area contributed by atoms with Gasteiger partial charge in [0.05, 0.1) is 6.10 Å². The molecule has 1 heteroatoms. The van der Waals surface area contributed by atoms with E-state index in [4.69, 9.17) is 0 Å². The van der Waals surface area contributed by atoms with Gasteiger partial charge in [-0.1, -0.05) is 25.7 Å². The van der Waals surface area contributed by atoms with Gasteiger partial charge in [0.1, 0.15) is 0 Å². The van der Waals surface area contributed by atoms with E-state index in [1.165, 1.54) is 44.9 Å². The third kappa shape index (κ3) is 2.70. The monoisotopic (exact) mass is 182 g/mol. The first kappa shape index (κ1) is 9.51. The van der Waals surface area contributed by atoms with E-state index >= 15 is 0 Å². The highest BCUT2D eigenvalue weighted by Gasteiger charge is 2.24. The number of rotatable bonds is 2. The Morgan fingerprint density at radius 1 is 0.769 bits per heavy atom. The standard InChI is InChI=1S/C12H22O/c13-12-7-5-11(6-8-12)9-10-3-1-2-4-10/h10-13H,1-9H2. The fourth-order valence-electron chi connectivity index (χ4n) is 3.10. The van der Waals surface area contributed by atoms with Crippen LogP contribution in [0.25, 0.3) is 0 Å². The van der Waals surface area contributed by atoms with Crippen LogP contribution in [0.2, 0.25) is 0 Å². The quantitative estimate of drug-likeness (QED) is 0.695. The zero-order valence-electron chi connectivity index (χ0n) is 8.54. The summed E-state index contributed by atoms with van der Waals surface area (Å²) >= 11 is 0. The number of hydrogen-bond donors (Lipinski definition) is 1. The molecule has 76 valence electrons. The summed E-state index contributed by atoms with van der Waals surface area (Å²) in [6.45, 7) is 0. The highest BCUT2D eigenvalue weighted by molar-refractivity contribution is 4.76. The van der Waals surface area contributed by atoms with Crippen molar-refractivity contribution in [1.29, 1.82) is 0 Å². The minimum absolute atomic E-state index is 0.0276. The van der Waals surface area contributed by atoms with Crippen molar-refractivity contribution in [3.05, 3.63) is 0 Å². The van der Waals surface area contributed by atoms with Crippen LogP contribution in [-0.2, 0) is 0 Å². The molecule has 1 nitrogen and oxygen atoms in total. The molecule has 1 N–H and O–H groups in total. The normalized spacial score (nSPS) is 36.7. The van der Waals surface area contributed by atoms with Crippen molar-refractivity contribution < 1.29 is 5.11 Å². The van der Waals surface area contributed by atoms with Crippen LogP contribution in [-0.4, -0.2) is 11.2 Å². The first-order valence-electron chi connectivity index (χ1n) is 6.02. The van der Waals surface area contributed by atoms with E-state index in [1.54, 1.807) is 0 Å². The van der Waals surface area contributed by atoms with Crippen molar-refractivity contribution >= 4 is 0 Å². The molecule has 0 saturated heterocycles. The molecule has 0 aromatic carbocycles. The molecule has 13 heavy (non-hydrogen) atoms. The van der Waals surface area contributed by atoms with Crippen LogP contribution in [0.15, 0.2) is 0 Å². The molecule has 0 bridgehead atoms. The van der Waals surface area contributed by atoms with Gasteiger partial charge >= 0.3 is 0 Å². The van der Waals surface area contributed by atoms with E-state index < -0.39 is 0 Å². The SMILES string of the molecule is OC1CCC(CC2CCCC2)CC1. The van der Waals surface area contributed by atoms with Gasteiger partial charge in [0, 0.05) is 0 Å². The second kappa shape index (κ2) is 4.45. The maximum absolute atomic E-state index is 9.39. The molecule has 0 amide bonds. The van der Waals surface area contributed by atoms with Crippen LogP contribution in [0.4, 0.5) is 0 Å². The Balaban J connectivity index is 1.69. The van der Waals surface area contributed by atoms with E-state index in [-0.39, 0.29) is 6.10 Å². The Hall–Kier alpha value is -0.0400. The summed E-state index contributed by atoms with van der Waals surface area (Å²) in [5.41, 5.74) is 0. The third-order valence-electron chi connectivity index (χ3n) is 3.96. The molecule has 2 aliphatic rings. The lowest BCUT2D eigenvalue weighted by Gasteiger charge is -2.27. The molecule has 0 unspecified atom stereocenters. The third-order valence-corrected chi connectivity index (χ3v) is 3.96. The lowest BCUT2D eigenvalue weighted by Crippen LogP contribution is -2.19. The van der Waals surface area contributed by atoms with Crippen LogP contribution < -0.4 is 0 Å². The minimum Gasteiger partial charge on any atom is -0.393 e. The van der Waals surface area contributed by atoms with E-state index in [9.17, 15) is 5.11 Å². The summed E-state index contributed by atoms with van der Waals surface area (Å²) in [7, 11) is 0. The molecule has 0 spiro atoms. The fraction of sp³-hybridized carbons (Fsp3) is 1.00. The van der Waals surface area contributed by atoms with E-state index in [2.05, 4.69) is 0 Å². The molecule has 0 aliphatic heterocycles. The lowest BCUT2D eigenvalue weighted by atomic mass is 9.81. The van der Waals surface area contributed by atoms with Crippen LogP contribution in [0.1, 0.15) is 57.8 Å². The van der Waals surface area contributed by atoms with Gasteiger partial charge in [-0.2, -0.15) is 0 Å². The van der Waals surface area contributed by atoms with Gasteiger partial charge in [0.15, 0.2) is 0 Å².